The summed E-state index contributed by atoms with van der Waals surface area (Å²) in [7, 11) is 0. The molecule has 1 atom stereocenters. The Morgan fingerprint density at radius 2 is 2.09 bits per heavy atom. The lowest BCUT2D eigenvalue weighted by Crippen LogP contribution is -2.14. The van der Waals surface area contributed by atoms with Crippen LogP contribution in [-0.4, -0.2) is 11.1 Å². The molecule has 0 radical (unpaired) electrons. The van der Waals surface area contributed by atoms with Crippen LogP contribution in [0.3, 0.4) is 0 Å². The molecule has 2 bridgehead atoms. The van der Waals surface area contributed by atoms with Crippen molar-refractivity contribution < 1.29 is 9.90 Å². The van der Waals surface area contributed by atoms with Gasteiger partial charge in [-0.1, -0.05) is 0 Å². The van der Waals surface area contributed by atoms with Gasteiger partial charge < -0.3 is 5.11 Å². The molecule has 0 spiro atoms. The molecule has 3 aliphatic carbocycles. The molecule has 0 aliphatic heterocycles. The Hall–Kier alpha value is -0.530. The molecule has 3 aliphatic rings. The highest BCUT2D eigenvalue weighted by atomic mass is 16.4. The van der Waals surface area contributed by atoms with Gasteiger partial charge in [0.1, 0.15) is 0 Å². The molecule has 11 heavy (non-hydrogen) atoms. The topological polar surface area (TPSA) is 37.3 Å². The Morgan fingerprint density at radius 3 is 2.55 bits per heavy atom. The molecule has 2 heteroatoms. The third-order valence-corrected chi connectivity index (χ3v) is 3.30. The first-order valence-electron chi connectivity index (χ1n) is 4.47. The zero-order valence-electron chi connectivity index (χ0n) is 6.62. The number of hydrogen-bond donors (Lipinski definition) is 1. The highest BCUT2D eigenvalue weighted by molar-refractivity contribution is 5.66. The predicted octanol–water partition coefficient (Wildman–Crippen LogP) is 1.90. The Morgan fingerprint density at radius 1 is 1.36 bits per heavy atom. The minimum atomic E-state index is -0.630. The summed E-state index contributed by atoms with van der Waals surface area (Å²) in [5, 5.41) is 8.47. The molecule has 1 N–H and O–H groups in total. The van der Waals surface area contributed by atoms with E-state index in [1.54, 1.807) is 0 Å². The minimum absolute atomic E-state index is 0.383. The lowest BCUT2D eigenvalue weighted by atomic mass is 9.82. The van der Waals surface area contributed by atoms with E-state index in [0.717, 1.165) is 24.2 Å². The molecule has 0 saturated heterocycles. The number of carboxylic acid groups (broad SMARTS) is 1. The monoisotopic (exact) mass is 154 g/mol. The first-order chi connectivity index (χ1) is 5.25. The standard InChI is InChI=1S/C9H14O2/c10-9(11)2-1-7-3-6-4-8(7)5-6/h6-8H,1-5H2,(H,10,11). The van der Waals surface area contributed by atoms with Gasteiger partial charge in [0.15, 0.2) is 0 Å². The second-order valence-corrected chi connectivity index (χ2v) is 4.03. The molecular weight excluding hydrogens is 140 g/mol. The van der Waals surface area contributed by atoms with E-state index in [1.807, 2.05) is 0 Å². The van der Waals surface area contributed by atoms with Gasteiger partial charge in [-0.2, -0.15) is 0 Å². The van der Waals surface area contributed by atoms with Crippen molar-refractivity contribution in [2.75, 3.05) is 0 Å². The lowest BCUT2D eigenvalue weighted by Gasteiger charge is -2.24. The van der Waals surface area contributed by atoms with Crippen LogP contribution in [0.4, 0.5) is 0 Å². The largest absolute Gasteiger partial charge is 0.481 e. The van der Waals surface area contributed by atoms with Crippen LogP contribution in [-0.2, 0) is 4.79 Å². The first kappa shape index (κ1) is 7.14. The van der Waals surface area contributed by atoms with Gasteiger partial charge >= 0.3 is 5.97 Å². The van der Waals surface area contributed by atoms with E-state index < -0.39 is 5.97 Å². The second-order valence-electron chi connectivity index (χ2n) is 4.03. The molecule has 0 aromatic rings. The van der Waals surface area contributed by atoms with Gasteiger partial charge in [0.05, 0.1) is 0 Å². The van der Waals surface area contributed by atoms with E-state index in [9.17, 15) is 4.79 Å². The van der Waals surface area contributed by atoms with Crippen LogP contribution >= 0.6 is 0 Å². The van der Waals surface area contributed by atoms with E-state index in [2.05, 4.69) is 0 Å². The van der Waals surface area contributed by atoms with Crippen LogP contribution in [0.15, 0.2) is 0 Å². The van der Waals surface area contributed by atoms with Gasteiger partial charge in [0.2, 0.25) is 0 Å². The summed E-state index contributed by atoms with van der Waals surface area (Å²) in [4.78, 5) is 10.3. The fourth-order valence-electron chi connectivity index (χ4n) is 2.65. The number of rotatable bonds is 3. The number of carboxylic acids is 1. The summed E-state index contributed by atoms with van der Waals surface area (Å²) in [5.74, 6) is 2.00. The van der Waals surface area contributed by atoms with Crippen molar-refractivity contribution in [1.82, 2.24) is 0 Å². The fraction of sp³-hybridized carbons (Fsp3) is 0.889. The van der Waals surface area contributed by atoms with E-state index in [1.165, 1.54) is 19.3 Å². The predicted molar refractivity (Wildman–Crippen MR) is 41.2 cm³/mol. The molecule has 3 saturated carbocycles. The number of hydrogen-bond acceptors (Lipinski definition) is 1. The van der Waals surface area contributed by atoms with Crippen LogP contribution < -0.4 is 0 Å². The number of aliphatic carboxylic acids is 1. The highest BCUT2D eigenvalue weighted by Gasteiger charge is 2.43. The molecule has 3 rings (SSSR count). The Kier molecular flexibility index (Phi) is 1.63. The summed E-state index contributed by atoms with van der Waals surface area (Å²) in [6.07, 6.45) is 5.41. The van der Waals surface area contributed by atoms with Crippen molar-refractivity contribution >= 4 is 5.97 Å². The molecule has 62 valence electrons. The van der Waals surface area contributed by atoms with Gasteiger partial charge in [-0.05, 0) is 43.4 Å². The lowest BCUT2D eigenvalue weighted by molar-refractivity contribution is -0.137. The Bertz CT molecular complexity index is 170. The van der Waals surface area contributed by atoms with Gasteiger partial charge in [-0.15, -0.1) is 0 Å². The van der Waals surface area contributed by atoms with Crippen molar-refractivity contribution in [3.8, 4) is 0 Å². The fourth-order valence-corrected chi connectivity index (χ4v) is 2.65. The van der Waals surface area contributed by atoms with E-state index in [0.29, 0.717) is 6.42 Å². The molecule has 0 heterocycles. The van der Waals surface area contributed by atoms with Gasteiger partial charge in [0.25, 0.3) is 0 Å². The van der Waals surface area contributed by atoms with E-state index >= 15 is 0 Å². The summed E-state index contributed by atoms with van der Waals surface area (Å²) in [5.41, 5.74) is 0. The van der Waals surface area contributed by atoms with Crippen molar-refractivity contribution in [3.05, 3.63) is 0 Å². The molecular formula is C9H14O2. The minimum Gasteiger partial charge on any atom is -0.481 e. The van der Waals surface area contributed by atoms with Crippen LogP contribution in [0.2, 0.25) is 0 Å². The van der Waals surface area contributed by atoms with Crippen LogP contribution in [0.25, 0.3) is 0 Å². The first-order valence-corrected chi connectivity index (χ1v) is 4.47. The van der Waals surface area contributed by atoms with Crippen molar-refractivity contribution in [2.24, 2.45) is 17.8 Å². The molecule has 0 aromatic heterocycles. The van der Waals surface area contributed by atoms with Crippen molar-refractivity contribution in [3.63, 3.8) is 0 Å². The van der Waals surface area contributed by atoms with Crippen molar-refractivity contribution in [1.29, 1.82) is 0 Å². The maximum absolute atomic E-state index is 10.3. The molecule has 1 unspecified atom stereocenters. The third kappa shape index (κ3) is 1.26. The average Bonchev–Trinajstić information content (AvgIpc) is 2.36. The molecule has 0 aromatic carbocycles. The number of carbonyl (C=O) groups is 1. The molecule has 3 fully saturated rings. The number of fused-ring (bicyclic) bond motifs is 1. The van der Waals surface area contributed by atoms with Gasteiger partial charge in [-0.25, -0.2) is 0 Å². The zero-order valence-corrected chi connectivity index (χ0v) is 6.62. The van der Waals surface area contributed by atoms with E-state index in [-0.39, 0.29) is 0 Å². The normalized spacial score (nSPS) is 40.2. The van der Waals surface area contributed by atoms with Crippen LogP contribution in [0.5, 0.6) is 0 Å². The van der Waals surface area contributed by atoms with Crippen LogP contribution in [0.1, 0.15) is 32.1 Å². The van der Waals surface area contributed by atoms with Crippen molar-refractivity contribution in [2.45, 2.75) is 32.1 Å². The average molecular weight is 154 g/mol. The van der Waals surface area contributed by atoms with Crippen LogP contribution in [0, 0.1) is 17.8 Å². The maximum atomic E-state index is 10.3. The SMILES string of the molecule is O=C(O)CCC1CC2CC1C2. The maximum Gasteiger partial charge on any atom is 0.303 e. The summed E-state index contributed by atoms with van der Waals surface area (Å²) >= 11 is 0. The quantitative estimate of drug-likeness (QED) is 0.674. The van der Waals surface area contributed by atoms with Gasteiger partial charge in [0, 0.05) is 6.42 Å². The van der Waals surface area contributed by atoms with Gasteiger partial charge in [-0.3, -0.25) is 4.79 Å². The summed E-state index contributed by atoms with van der Waals surface area (Å²) in [6, 6.07) is 0. The third-order valence-electron chi connectivity index (χ3n) is 3.30. The molecule has 0 amide bonds. The summed E-state index contributed by atoms with van der Waals surface area (Å²) < 4.78 is 0. The smallest absolute Gasteiger partial charge is 0.303 e. The second kappa shape index (κ2) is 2.50. The Balaban J connectivity index is 1.75. The molecule has 2 nitrogen and oxygen atoms in total. The summed E-state index contributed by atoms with van der Waals surface area (Å²) in [6.45, 7) is 0. The Labute approximate surface area is 66.6 Å². The zero-order chi connectivity index (χ0) is 7.84. The van der Waals surface area contributed by atoms with E-state index in [4.69, 9.17) is 5.11 Å². The highest BCUT2D eigenvalue weighted by Crippen LogP contribution is 2.53.